The van der Waals surface area contributed by atoms with E-state index in [9.17, 15) is 19.2 Å². The van der Waals surface area contributed by atoms with Crippen LogP contribution in [0.3, 0.4) is 0 Å². The first-order valence-corrected chi connectivity index (χ1v) is 15.5. The van der Waals surface area contributed by atoms with Gasteiger partial charge in [-0.05, 0) is 78.1 Å². The molecule has 0 aliphatic carbocycles. The predicted octanol–water partition coefficient (Wildman–Crippen LogP) is 6.08. The maximum Gasteiger partial charge on any atom is 0.274 e. The van der Waals surface area contributed by atoms with Gasteiger partial charge in [-0.25, -0.2) is 0 Å². The van der Waals surface area contributed by atoms with Crippen LogP contribution in [0, 0.1) is 6.92 Å². The first kappa shape index (κ1) is 32.9. The molecule has 3 amide bonds. The molecule has 0 atom stereocenters. The summed E-state index contributed by atoms with van der Waals surface area (Å²) in [5.41, 5.74) is 5.94. The Bertz CT molecular complexity index is 1890. The minimum Gasteiger partial charge on any atom is -0.378 e. The van der Waals surface area contributed by atoms with Gasteiger partial charge in [0.25, 0.3) is 17.4 Å². The third-order valence-corrected chi connectivity index (χ3v) is 8.19. The normalized spacial score (nSPS) is 12.8. The lowest BCUT2D eigenvalue weighted by Gasteiger charge is -2.27. The number of aryl methyl sites for hydroxylation is 1. The van der Waals surface area contributed by atoms with Crippen LogP contribution in [-0.2, 0) is 16.6 Å². The van der Waals surface area contributed by atoms with Gasteiger partial charge in [-0.1, -0.05) is 44.7 Å². The Balaban J connectivity index is 1.43. The first-order chi connectivity index (χ1) is 22.5. The molecule has 1 aliphatic rings. The summed E-state index contributed by atoms with van der Waals surface area (Å²) in [5, 5.41) is 8.93. The number of nitrogens with one attached hydrogen (secondary N) is 3. The summed E-state index contributed by atoms with van der Waals surface area (Å²) >= 11 is 0. The minimum atomic E-state index is -0.467. The third kappa shape index (κ3) is 7.50. The Kier molecular flexibility index (Phi) is 10.0. The molecule has 0 radical (unpaired) electrons. The monoisotopic (exact) mass is 633 g/mol. The molecule has 0 bridgehead atoms. The van der Waals surface area contributed by atoms with E-state index in [0.29, 0.717) is 60.4 Å². The predicted molar refractivity (Wildman–Crippen MR) is 186 cm³/mol. The van der Waals surface area contributed by atoms with Gasteiger partial charge in [-0.15, -0.1) is 0 Å². The Morgan fingerprint density at radius 1 is 0.915 bits per heavy atom. The summed E-state index contributed by atoms with van der Waals surface area (Å²) in [7, 11) is 1.67. The van der Waals surface area contributed by atoms with E-state index in [1.54, 1.807) is 42.4 Å². The molecule has 10 heteroatoms. The number of anilines is 4. The highest BCUT2D eigenvalue weighted by molar-refractivity contribution is 6.07. The molecule has 0 spiro atoms. The molecule has 242 valence electrons. The molecule has 1 aliphatic heterocycles. The van der Waals surface area contributed by atoms with Gasteiger partial charge in [-0.3, -0.25) is 19.2 Å². The number of nitrogens with zero attached hydrogens (tertiary/aromatic N) is 2. The Labute approximate surface area is 274 Å². The summed E-state index contributed by atoms with van der Waals surface area (Å²) in [6, 6.07) is 19.9. The largest absolute Gasteiger partial charge is 0.378 e. The van der Waals surface area contributed by atoms with Crippen LogP contribution in [0.25, 0.3) is 11.1 Å². The van der Waals surface area contributed by atoms with Crippen molar-refractivity contribution in [3.63, 3.8) is 0 Å². The van der Waals surface area contributed by atoms with Crippen LogP contribution >= 0.6 is 0 Å². The number of aromatic nitrogens is 1. The van der Waals surface area contributed by atoms with Crippen molar-refractivity contribution in [2.24, 2.45) is 7.05 Å². The standard InChI is InChI=1S/C37H39N5O5/c1-6-34(43)39-32-21-28(14-15-30(32)36(45)42-16-18-47-19-17-42)38-33-20-27(22-41(5)37(33)46)29-8-7-9-31(24(29)4)40-35(44)26-12-10-25(11-13-26)23(2)3/h6-15,20-23,38H,1,16-19H2,2-5H3,(H,39,43)(H,40,44). The summed E-state index contributed by atoms with van der Waals surface area (Å²) < 4.78 is 6.85. The third-order valence-electron chi connectivity index (χ3n) is 8.19. The zero-order chi connectivity index (χ0) is 33.7. The number of rotatable bonds is 9. The van der Waals surface area contributed by atoms with Crippen molar-refractivity contribution in [3.05, 3.63) is 118 Å². The van der Waals surface area contributed by atoms with Crippen molar-refractivity contribution in [1.29, 1.82) is 0 Å². The highest BCUT2D eigenvalue weighted by atomic mass is 16.5. The topological polar surface area (TPSA) is 122 Å². The van der Waals surface area contributed by atoms with Gasteiger partial charge in [0.2, 0.25) is 5.91 Å². The van der Waals surface area contributed by atoms with Crippen LogP contribution in [0.2, 0.25) is 0 Å². The highest BCUT2D eigenvalue weighted by Crippen LogP contribution is 2.31. The maximum absolute atomic E-state index is 13.3. The van der Waals surface area contributed by atoms with E-state index in [1.165, 1.54) is 4.57 Å². The lowest BCUT2D eigenvalue weighted by molar-refractivity contribution is -0.111. The number of ether oxygens (including phenoxy) is 1. The van der Waals surface area contributed by atoms with E-state index < -0.39 is 5.91 Å². The van der Waals surface area contributed by atoms with Crippen molar-refractivity contribution >= 4 is 40.5 Å². The summed E-state index contributed by atoms with van der Waals surface area (Å²) in [5.74, 6) is -0.534. The van der Waals surface area contributed by atoms with Crippen LogP contribution in [-0.4, -0.2) is 53.5 Å². The van der Waals surface area contributed by atoms with E-state index >= 15 is 0 Å². The fourth-order valence-corrected chi connectivity index (χ4v) is 5.43. The van der Waals surface area contributed by atoms with E-state index in [1.807, 2.05) is 49.4 Å². The molecular formula is C37H39N5O5. The maximum atomic E-state index is 13.3. The number of benzene rings is 3. The Morgan fingerprint density at radius 3 is 2.32 bits per heavy atom. The zero-order valence-corrected chi connectivity index (χ0v) is 27.1. The number of hydrogen-bond acceptors (Lipinski definition) is 6. The van der Waals surface area contributed by atoms with E-state index in [-0.39, 0.29) is 23.1 Å². The Morgan fingerprint density at radius 2 is 1.64 bits per heavy atom. The van der Waals surface area contributed by atoms with Gasteiger partial charge < -0.3 is 30.2 Å². The molecule has 0 unspecified atom stereocenters. The van der Waals surface area contributed by atoms with Gasteiger partial charge >= 0.3 is 0 Å². The summed E-state index contributed by atoms with van der Waals surface area (Å²) in [4.78, 5) is 53.6. The number of amides is 3. The highest BCUT2D eigenvalue weighted by Gasteiger charge is 2.22. The van der Waals surface area contributed by atoms with Gasteiger partial charge in [-0.2, -0.15) is 0 Å². The van der Waals surface area contributed by atoms with Crippen molar-refractivity contribution in [1.82, 2.24) is 9.47 Å². The number of pyridine rings is 1. The molecule has 1 fully saturated rings. The van der Waals surface area contributed by atoms with Gasteiger partial charge in [0.05, 0.1) is 24.5 Å². The molecule has 47 heavy (non-hydrogen) atoms. The van der Waals surface area contributed by atoms with Crippen LogP contribution in [0.5, 0.6) is 0 Å². The van der Waals surface area contributed by atoms with Crippen LogP contribution in [0.15, 0.2) is 90.4 Å². The van der Waals surface area contributed by atoms with Gasteiger partial charge in [0.1, 0.15) is 5.69 Å². The lowest BCUT2D eigenvalue weighted by atomic mass is 9.99. The average Bonchev–Trinajstić information content (AvgIpc) is 3.07. The zero-order valence-electron chi connectivity index (χ0n) is 27.1. The molecule has 1 aromatic heterocycles. The molecule has 10 nitrogen and oxygen atoms in total. The summed E-state index contributed by atoms with van der Waals surface area (Å²) in [6.45, 7) is 11.4. The molecular weight excluding hydrogens is 594 g/mol. The number of carbonyl (C=O) groups is 3. The molecule has 3 aromatic carbocycles. The van der Waals surface area contributed by atoms with Crippen LogP contribution < -0.4 is 21.5 Å². The second-order valence-corrected chi connectivity index (χ2v) is 11.8. The van der Waals surface area contributed by atoms with E-state index in [2.05, 4.69) is 36.4 Å². The first-order valence-electron chi connectivity index (χ1n) is 15.5. The quantitative estimate of drug-likeness (QED) is 0.192. The molecule has 2 heterocycles. The molecule has 3 N–H and O–H groups in total. The number of morpholine rings is 1. The SMILES string of the molecule is C=CC(=O)Nc1cc(Nc2cc(-c3cccc(NC(=O)c4ccc(C(C)C)cc4)c3C)cn(C)c2=O)ccc1C(=O)N1CCOCC1. The van der Waals surface area contributed by atoms with Crippen molar-refractivity contribution in [2.75, 3.05) is 42.3 Å². The minimum absolute atomic E-state index is 0.210. The van der Waals surface area contributed by atoms with Crippen molar-refractivity contribution in [2.45, 2.75) is 26.7 Å². The molecule has 5 rings (SSSR count). The van der Waals surface area contributed by atoms with E-state index in [0.717, 1.165) is 28.3 Å². The van der Waals surface area contributed by atoms with Crippen molar-refractivity contribution < 1.29 is 19.1 Å². The fourth-order valence-electron chi connectivity index (χ4n) is 5.43. The smallest absolute Gasteiger partial charge is 0.274 e. The van der Waals surface area contributed by atoms with Gasteiger partial charge in [0.15, 0.2) is 0 Å². The van der Waals surface area contributed by atoms with E-state index in [4.69, 9.17) is 4.74 Å². The molecule has 0 saturated carbocycles. The second-order valence-electron chi connectivity index (χ2n) is 11.8. The Hall–Kier alpha value is -5.48. The average molecular weight is 634 g/mol. The van der Waals surface area contributed by atoms with Crippen LogP contribution in [0.1, 0.15) is 51.6 Å². The second kappa shape index (κ2) is 14.3. The summed E-state index contributed by atoms with van der Waals surface area (Å²) in [6.07, 6.45) is 2.87. The van der Waals surface area contributed by atoms with Gasteiger partial charge in [0, 0.05) is 48.8 Å². The molecule has 1 saturated heterocycles. The lowest BCUT2D eigenvalue weighted by Crippen LogP contribution is -2.41. The van der Waals surface area contributed by atoms with Crippen molar-refractivity contribution in [3.8, 4) is 11.1 Å². The number of hydrogen-bond donors (Lipinski definition) is 3. The molecule has 4 aromatic rings. The fraction of sp³-hybridized carbons (Fsp3) is 0.243. The van der Waals surface area contributed by atoms with Crippen LogP contribution in [0.4, 0.5) is 22.7 Å². The number of carbonyl (C=O) groups excluding carboxylic acids is 3.